The molecule has 0 fully saturated rings. The van der Waals surface area contributed by atoms with Crippen LogP contribution >= 0.6 is 0 Å². The van der Waals surface area contributed by atoms with Gasteiger partial charge in [0, 0.05) is 16.8 Å². The van der Waals surface area contributed by atoms with Gasteiger partial charge in [0.15, 0.2) is 5.78 Å². The molecule has 2 rings (SSSR count). The molecule has 0 saturated carbocycles. The molecule has 2 aromatic carbocycles. The van der Waals surface area contributed by atoms with Crippen LogP contribution in [-0.2, 0) is 6.42 Å². The normalized spacial score (nSPS) is 10.3. The fourth-order valence-corrected chi connectivity index (χ4v) is 1.99. The van der Waals surface area contributed by atoms with Crippen molar-refractivity contribution in [2.75, 3.05) is 5.73 Å². The highest BCUT2D eigenvalue weighted by Crippen LogP contribution is 2.17. The van der Waals surface area contributed by atoms with Gasteiger partial charge in [-0.2, -0.15) is 0 Å². The molecule has 0 aromatic heterocycles. The molecule has 2 N–H and O–H groups in total. The number of hydrogen-bond donors (Lipinski definition) is 1. The summed E-state index contributed by atoms with van der Waals surface area (Å²) in [6, 6.07) is 13.2. The van der Waals surface area contributed by atoms with Gasteiger partial charge in [0.25, 0.3) is 0 Å². The monoisotopic (exact) mass is 239 g/mol. The summed E-state index contributed by atoms with van der Waals surface area (Å²) < 4.78 is 0. The summed E-state index contributed by atoms with van der Waals surface area (Å²) in [5.41, 5.74) is 9.97. The molecule has 0 radical (unpaired) electrons. The van der Waals surface area contributed by atoms with Crippen molar-refractivity contribution in [3.8, 4) is 0 Å². The minimum Gasteiger partial charge on any atom is -0.399 e. The third-order valence-corrected chi connectivity index (χ3v) is 3.12. The number of hydrogen-bond acceptors (Lipinski definition) is 2. The number of anilines is 1. The first kappa shape index (κ1) is 12.4. The van der Waals surface area contributed by atoms with Crippen molar-refractivity contribution < 1.29 is 4.79 Å². The summed E-state index contributed by atoms with van der Waals surface area (Å²) in [7, 11) is 0. The largest absolute Gasteiger partial charge is 0.399 e. The van der Waals surface area contributed by atoms with Crippen LogP contribution in [0.5, 0.6) is 0 Å². The molecular weight excluding hydrogens is 222 g/mol. The van der Waals surface area contributed by atoms with E-state index in [2.05, 4.69) is 6.92 Å². The Morgan fingerprint density at radius 2 is 1.78 bits per heavy atom. The Labute approximate surface area is 107 Å². The van der Waals surface area contributed by atoms with E-state index in [1.54, 1.807) is 12.1 Å². The lowest BCUT2D eigenvalue weighted by molar-refractivity contribution is 0.103. The highest BCUT2D eigenvalue weighted by molar-refractivity contribution is 6.10. The Morgan fingerprint density at radius 1 is 1.11 bits per heavy atom. The predicted octanol–water partition coefficient (Wildman–Crippen LogP) is 3.37. The lowest BCUT2D eigenvalue weighted by atomic mass is 9.97. The van der Waals surface area contributed by atoms with E-state index in [4.69, 9.17) is 5.73 Å². The number of carbonyl (C=O) groups is 1. The molecule has 0 aliphatic rings. The van der Waals surface area contributed by atoms with Crippen LogP contribution in [-0.4, -0.2) is 5.78 Å². The fourth-order valence-electron chi connectivity index (χ4n) is 1.99. The third-order valence-electron chi connectivity index (χ3n) is 3.12. The average Bonchev–Trinajstić information content (AvgIpc) is 2.38. The van der Waals surface area contributed by atoms with Gasteiger partial charge in [-0.3, -0.25) is 4.79 Å². The standard InChI is InChI=1S/C16H17NO/c1-3-12-4-6-13(7-5-12)16(18)15-9-8-14(17)10-11(15)2/h4-10H,3,17H2,1-2H3. The van der Waals surface area contributed by atoms with Crippen LogP contribution in [0.15, 0.2) is 42.5 Å². The lowest BCUT2D eigenvalue weighted by Crippen LogP contribution is -2.04. The first-order valence-electron chi connectivity index (χ1n) is 6.11. The molecule has 0 heterocycles. The highest BCUT2D eigenvalue weighted by Gasteiger charge is 2.11. The van der Waals surface area contributed by atoms with Crippen LogP contribution in [0.4, 0.5) is 5.69 Å². The van der Waals surface area contributed by atoms with Crippen LogP contribution in [0.2, 0.25) is 0 Å². The van der Waals surface area contributed by atoms with Crippen molar-refractivity contribution in [2.24, 2.45) is 0 Å². The van der Waals surface area contributed by atoms with Crippen molar-refractivity contribution in [3.63, 3.8) is 0 Å². The molecule has 0 amide bonds. The van der Waals surface area contributed by atoms with Crippen LogP contribution < -0.4 is 5.73 Å². The first-order chi connectivity index (χ1) is 8.61. The van der Waals surface area contributed by atoms with Crippen LogP contribution in [0.3, 0.4) is 0 Å². The van der Waals surface area contributed by atoms with Gasteiger partial charge in [0.05, 0.1) is 0 Å². The Kier molecular flexibility index (Phi) is 3.47. The molecule has 92 valence electrons. The van der Waals surface area contributed by atoms with E-state index in [0.29, 0.717) is 11.3 Å². The van der Waals surface area contributed by atoms with Gasteiger partial charge in [-0.25, -0.2) is 0 Å². The zero-order chi connectivity index (χ0) is 13.1. The number of nitrogen functional groups attached to an aromatic ring is 1. The van der Waals surface area contributed by atoms with Crippen molar-refractivity contribution in [1.29, 1.82) is 0 Å². The molecule has 2 aromatic rings. The summed E-state index contributed by atoms with van der Waals surface area (Å²) in [6.07, 6.45) is 0.982. The Hall–Kier alpha value is -2.09. The maximum absolute atomic E-state index is 12.3. The van der Waals surface area contributed by atoms with Gasteiger partial charge < -0.3 is 5.73 Å². The summed E-state index contributed by atoms with van der Waals surface area (Å²) in [5.74, 6) is 0.0511. The molecule has 18 heavy (non-hydrogen) atoms. The number of ketones is 1. The van der Waals surface area contributed by atoms with Gasteiger partial charge in [0.1, 0.15) is 0 Å². The van der Waals surface area contributed by atoms with Gasteiger partial charge >= 0.3 is 0 Å². The summed E-state index contributed by atoms with van der Waals surface area (Å²) >= 11 is 0. The molecular formula is C16H17NO. The quantitative estimate of drug-likeness (QED) is 0.659. The molecule has 0 aliphatic heterocycles. The molecule has 2 nitrogen and oxygen atoms in total. The van der Waals surface area contributed by atoms with Crippen molar-refractivity contribution in [2.45, 2.75) is 20.3 Å². The summed E-state index contributed by atoms with van der Waals surface area (Å²) in [5, 5.41) is 0. The summed E-state index contributed by atoms with van der Waals surface area (Å²) in [6.45, 7) is 4.00. The van der Waals surface area contributed by atoms with E-state index in [1.165, 1.54) is 5.56 Å². The summed E-state index contributed by atoms with van der Waals surface area (Å²) in [4.78, 5) is 12.3. The van der Waals surface area contributed by atoms with E-state index >= 15 is 0 Å². The molecule has 0 bridgehead atoms. The SMILES string of the molecule is CCc1ccc(C(=O)c2ccc(N)cc2C)cc1. The number of carbonyl (C=O) groups excluding carboxylic acids is 1. The number of aryl methyl sites for hydroxylation is 2. The predicted molar refractivity (Wildman–Crippen MR) is 74.8 cm³/mol. The van der Waals surface area contributed by atoms with Crippen molar-refractivity contribution in [1.82, 2.24) is 0 Å². The molecule has 0 unspecified atom stereocenters. The number of rotatable bonds is 3. The maximum Gasteiger partial charge on any atom is 0.193 e. The minimum atomic E-state index is 0.0511. The van der Waals surface area contributed by atoms with E-state index in [9.17, 15) is 4.79 Å². The fraction of sp³-hybridized carbons (Fsp3) is 0.188. The Bertz CT molecular complexity index is 570. The number of nitrogens with two attached hydrogens (primary N) is 1. The second-order valence-electron chi connectivity index (χ2n) is 4.45. The Morgan fingerprint density at radius 3 is 2.33 bits per heavy atom. The second kappa shape index (κ2) is 5.05. The van der Waals surface area contributed by atoms with Gasteiger partial charge in [-0.15, -0.1) is 0 Å². The second-order valence-corrected chi connectivity index (χ2v) is 4.45. The first-order valence-corrected chi connectivity index (χ1v) is 6.11. The third kappa shape index (κ3) is 2.43. The van der Waals surface area contributed by atoms with Gasteiger partial charge in [-0.1, -0.05) is 31.2 Å². The van der Waals surface area contributed by atoms with E-state index in [-0.39, 0.29) is 5.78 Å². The topological polar surface area (TPSA) is 43.1 Å². The van der Waals surface area contributed by atoms with Crippen molar-refractivity contribution >= 4 is 11.5 Å². The molecule has 0 spiro atoms. The zero-order valence-electron chi connectivity index (χ0n) is 10.7. The van der Waals surface area contributed by atoms with E-state index in [0.717, 1.165) is 17.5 Å². The van der Waals surface area contributed by atoms with Crippen LogP contribution in [0.1, 0.15) is 34.0 Å². The molecule has 0 saturated heterocycles. The smallest absolute Gasteiger partial charge is 0.193 e. The van der Waals surface area contributed by atoms with Gasteiger partial charge in [0.2, 0.25) is 0 Å². The van der Waals surface area contributed by atoms with Crippen molar-refractivity contribution in [3.05, 3.63) is 64.7 Å². The van der Waals surface area contributed by atoms with E-state index in [1.807, 2.05) is 37.3 Å². The van der Waals surface area contributed by atoms with Crippen LogP contribution in [0, 0.1) is 6.92 Å². The minimum absolute atomic E-state index is 0.0511. The Balaban J connectivity index is 2.35. The molecule has 0 aliphatic carbocycles. The zero-order valence-corrected chi connectivity index (χ0v) is 10.7. The van der Waals surface area contributed by atoms with Gasteiger partial charge in [-0.05, 0) is 42.7 Å². The highest BCUT2D eigenvalue weighted by atomic mass is 16.1. The maximum atomic E-state index is 12.3. The molecule has 2 heteroatoms. The lowest BCUT2D eigenvalue weighted by Gasteiger charge is -2.06. The van der Waals surface area contributed by atoms with E-state index < -0.39 is 0 Å². The number of benzene rings is 2. The average molecular weight is 239 g/mol. The molecule has 0 atom stereocenters. The van der Waals surface area contributed by atoms with Crippen LogP contribution in [0.25, 0.3) is 0 Å².